The molecule has 0 atom stereocenters. The van der Waals surface area contributed by atoms with Crippen LogP contribution in [0.25, 0.3) is 88.3 Å². The molecule has 10 aromatic carbocycles. The first kappa shape index (κ1) is 33.6. The molecule has 0 N–H and O–H groups in total. The highest BCUT2D eigenvalue weighted by atomic mass is 16.3. The Kier molecular flexibility index (Phi) is 8.15. The Morgan fingerprint density at radius 1 is 0.328 bits per heavy atom. The van der Waals surface area contributed by atoms with E-state index in [2.05, 4.69) is 223 Å². The Labute approximate surface area is 336 Å². The molecule has 272 valence electrons. The number of benzene rings is 10. The zero-order valence-corrected chi connectivity index (χ0v) is 31.6. The minimum Gasteiger partial charge on any atom is -0.435 e. The first-order chi connectivity index (χ1) is 28.7. The molecule has 0 bridgehead atoms. The number of hydrogen-bond donors (Lipinski definition) is 0. The lowest BCUT2D eigenvalue weighted by atomic mass is 9.96. The minimum atomic E-state index is 0.628. The summed E-state index contributed by atoms with van der Waals surface area (Å²) in [5.74, 6) is 0.628. The van der Waals surface area contributed by atoms with Crippen LogP contribution in [0, 0.1) is 0 Å². The van der Waals surface area contributed by atoms with E-state index in [1.165, 1.54) is 38.4 Å². The van der Waals surface area contributed by atoms with Gasteiger partial charge in [0.1, 0.15) is 5.52 Å². The molecule has 0 aliphatic rings. The van der Waals surface area contributed by atoms with Gasteiger partial charge < -0.3 is 9.32 Å². The Morgan fingerprint density at radius 2 is 0.983 bits per heavy atom. The number of nitrogens with zero attached hydrogens (tertiary/aromatic N) is 2. The quantitative estimate of drug-likeness (QED) is 0.163. The average molecular weight is 741 g/mol. The second-order valence-corrected chi connectivity index (χ2v) is 14.8. The molecule has 3 heteroatoms. The van der Waals surface area contributed by atoms with E-state index in [0.717, 1.165) is 61.0 Å². The van der Waals surface area contributed by atoms with Crippen molar-refractivity contribution in [2.75, 3.05) is 4.90 Å². The largest absolute Gasteiger partial charge is 0.435 e. The molecule has 0 radical (unpaired) electrons. The van der Waals surface area contributed by atoms with Gasteiger partial charge in [0.2, 0.25) is 5.89 Å². The molecule has 0 amide bonds. The standard InChI is InChI=1S/C55H36N2O/c1-3-13-37(14-4-1)42-20-11-21-46(34-42)57(47-35-43-19-9-10-22-49(43)52(36-47)39-16-5-2-6-17-39)45-29-27-40(28-30-45)48-23-12-24-51-50(48)31-32-53-54(51)58-55(56-53)44-26-25-38-15-7-8-18-41(38)33-44/h1-36H. The lowest BCUT2D eigenvalue weighted by Gasteiger charge is -2.27. The predicted molar refractivity (Wildman–Crippen MR) is 243 cm³/mol. The highest BCUT2D eigenvalue weighted by Crippen LogP contribution is 2.43. The van der Waals surface area contributed by atoms with E-state index in [4.69, 9.17) is 9.40 Å². The van der Waals surface area contributed by atoms with Gasteiger partial charge in [0.25, 0.3) is 0 Å². The molecule has 1 heterocycles. The Balaban J connectivity index is 1.03. The van der Waals surface area contributed by atoms with Gasteiger partial charge >= 0.3 is 0 Å². The van der Waals surface area contributed by atoms with Crippen LogP contribution in [0.2, 0.25) is 0 Å². The lowest BCUT2D eigenvalue weighted by molar-refractivity contribution is 0.623. The maximum atomic E-state index is 6.55. The van der Waals surface area contributed by atoms with Crippen molar-refractivity contribution >= 4 is 60.5 Å². The lowest BCUT2D eigenvalue weighted by Crippen LogP contribution is -2.10. The second kappa shape index (κ2) is 14.1. The van der Waals surface area contributed by atoms with E-state index in [9.17, 15) is 0 Å². The summed E-state index contributed by atoms with van der Waals surface area (Å²) < 4.78 is 6.55. The fraction of sp³-hybridized carbons (Fsp3) is 0. The van der Waals surface area contributed by atoms with Crippen LogP contribution >= 0.6 is 0 Å². The minimum absolute atomic E-state index is 0.628. The van der Waals surface area contributed by atoms with Crippen LogP contribution < -0.4 is 4.90 Å². The second-order valence-electron chi connectivity index (χ2n) is 14.8. The van der Waals surface area contributed by atoms with Crippen LogP contribution in [0.15, 0.2) is 223 Å². The van der Waals surface area contributed by atoms with Crippen LogP contribution in [0.3, 0.4) is 0 Å². The summed E-state index contributed by atoms with van der Waals surface area (Å²) in [7, 11) is 0. The van der Waals surface area contributed by atoms with Gasteiger partial charge in [-0.2, -0.15) is 0 Å². The third-order valence-electron chi connectivity index (χ3n) is 11.2. The normalized spacial score (nSPS) is 11.4. The van der Waals surface area contributed by atoms with Gasteiger partial charge in [0.05, 0.1) is 0 Å². The topological polar surface area (TPSA) is 29.3 Å². The molecular weight excluding hydrogens is 705 g/mol. The van der Waals surface area contributed by atoms with Crippen molar-refractivity contribution in [3.05, 3.63) is 218 Å². The summed E-state index contributed by atoms with van der Waals surface area (Å²) in [6, 6.07) is 77.8. The van der Waals surface area contributed by atoms with Crippen molar-refractivity contribution in [3.63, 3.8) is 0 Å². The Hall–Kier alpha value is -7.75. The summed E-state index contributed by atoms with van der Waals surface area (Å²) >= 11 is 0. The Morgan fingerprint density at radius 3 is 1.81 bits per heavy atom. The zero-order chi connectivity index (χ0) is 38.4. The van der Waals surface area contributed by atoms with Crippen molar-refractivity contribution in [1.29, 1.82) is 0 Å². The summed E-state index contributed by atoms with van der Waals surface area (Å²) in [6.45, 7) is 0. The fourth-order valence-corrected chi connectivity index (χ4v) is 8.41. The fourth-order valence-electron chi connectivity index (χ4n) is 8.41. The monoisotopic (exact) mass is 740 g/mol. The number of hydrogen-bond acceptors (Lipinski definition) is 3. The average Bonchev–Trinajstić information content (AvgIpc) is 3.75. The number of fused-ring (bicyclic) bond motifs is 5. The van der Waals surface area contributed by atoms with Crippen LogP contribution in [0.1, 0.15) is 0 Å². The van der Waals surface area contributed by atoms with Crippen molar-refractivity contribution in [2.45, 2.75) is 0 Å². The van der Waals surface area contributed by atoms with Crippen LogP contribution in [-0.4, -0.2) is 4.98 Å². The zero-order valence-electron chi connectivity index (χ0n) is 31.6. The van der Waals surface area contributed by atoms with Gasteiger partial charge in [0.15, 0.2) is 5.58 Å². The highest BCUT2D eigenvalue weighted by Gasteiger charge is 2.18. The molecular formula is C55H36N2O. The molecule has 0 saturated heterocycles. The van der Waals surface area contributed by atoms with Gasteiger partial charge in [-0.3, -0.25) is 0 Å². The first-order valence-electron chi connectivity index (χ1n) is 19.7. The molecule has 11 rings (SSSR count). The predicted octanol–water partition coefficient (Wildman–Crippen LogP) is 15.4. The van der Waals surface area contributed by atoms with Gasteiger partial charge in [-0.25, -0.2) is 4.98 Å². The summed E-state index contributed by atoms with van der Waals surface area (Å²) in [5.41, 5.74) is 12.9. The third kappa shape index (κ3) is 5.98. The molecule has 1 aromatic heterocycles. The van der Waals surface area contributed by atoms with Crippen LogP contribution in [0.4, 0.5) is 17.1 Å². The van der Waals surface area contributed by atoms with Crippen LogP contribution in [-0.2, 0) is 0 Å². The number of anilines is 3. The van der Waals surface area contributed by atoms with E-state index >= 15 is 0 Å². The molecule has 0 unspecified atom stereocenters. The molecule has 0 aliphatic heterocycles. The molecule has 58 heavy (non-hydrogen) atoms. The maximum absolute atomic E-state index is 6.55. The number of oxazole rings is 1. The highest BCUT2D eigenvalue weighted by molar-refractivity contribution is 6.09. The van der Waals surface area contributed by atoms with Gasteiger partial charge in [0, 0.05) is 28.0 Å². The van der Waals surface area contributed by atoms with E-state index in [1.54, 1.807) is 0 Å². The summed E-state index contributed by atoms with van der Waals surface area (Å²) in [5, 5.41) is 6.95. The van der Waals surface area contributed by atoms with Gasteiger partial charge in [-0.1, -0.05) is 164 Å². The van der Waals surface area contributed by atoms with Crippen molar-refractivity contribution in [1.82, 2.24) is 4.98 Å². The molecule has 11 aromatic rings. The SMILES string of the molecule is c1ccc(-c2cccc(N(c3ccc(-c4cccc5c4ccc4nc(-c6ccc7ccccc7c6)oc45)cc3)c3cc(-c4ccccc4)c4ccccc4c3)c2)cc1. The number of rotatable bonds is 7. The molecule has 0 saturated carbocycles. The van der Waals surface area contributed by atoms with Crippen LogP contribution in [0.5, 0.6) is 0 Å². The van der Waals surface area contributed by atoms with E-state index in [1.807, 2.05) is 0 Å². The van der Waals surface area contributed by atoms with E-state index < -0.39 is 0 Å². The van der Waals surface area contributed by atoms with Crippen molar-refractivity contribution in [2.24, 2.45) is 0 Å². The van der Waals surface area contributed by atoms with E-state index in [-0.39, 0.29) is 0 Å². The first-order valence-corrected chi connectivity index (χ1v) is 19.7. The van der Waals surface area contributed by atoms with Crippen molar-refractivity contribution in [3.8, 4) is 44.8 Å². The molecule has 3 nitrogen and oxygen atoms in total. The van der Waals surface area contributed by atoms with Crippen molar-refractivity contribution < 1.29 is 4.42 Å². The summed E-state index contributed by atoms with van der Waals surface area (Å²) in [4.78, 5) is 7.31. The molecule has 0 spiro atoms. The third-order valence-corrected chi connectivity index (χ3v) is 11.2. The van der Waals surface area contributed by atoms with Gasteiger partial charge in [-0.15, -0.1) is 0 Å². The Bertz CT molecular complexity index is 3280. The van der Waals surface area contributed by atoms with E-state index in [0.29, 0.717) is 5.89 Å². The number of aromatic nitrogens is 1. The smallest absolute Gasteiger partial charge is 0.227 e. The molecule has 0 fully saturated rings. The summed E-state index contributed by atoms with van der Waals surface area (Å²) in [6.07, 6.45) is 0. The maximum Gasteiger partial charge on any atom is 0.227 e. The molecule has 0 aliphatic carbocycles. The van der Waals surface area contributed by atoms with Gasteiger partial charge in [-0.05, 0) is 115 Å².